The van der Waals surface area contributed by atoms with Crippen LogP contribution in [0.2, 0.25) is 0 Å². The maximum atomic E-state index is 11.4. The van der Waals surface area contributed by atoms with Crippen LogP contribution in [0.5, 0.6) is 0 Å². The number of allylic oxidation sites excluding steroid dienone is 5. The van der Waals surface area contributed by atoms with Gasteiger partial charge in [-0.3, -0.25) is 14.4 Å². The molecule has 0 amide bonds. The van der Waals surface area contributed by atoms with Gasteiger partial charge in [0.25, 0.3) is 0 Å². The third-order valence-corrected chi connectivity index (χ3v) is 8.59. The quantitative estimate of drug-likeness (QED) is 0.0746. The first-order chi connectivity index (χ1) is 23.6. The van der Waals surface area contributed by atoms with Crippen LogP contribution in [0.1, 0.15) is 122 Å². The van der Waals surface area contributed by atoms with Gasteiger partial charge < -0.3 is 10.1 Å². The molecule has 2 aromatic carbocycles. The van der Waals surface area contributed by atoms with Crippen molar-refractivity contribution < 1.29 is 19.1 Å². The van der Waals surface area contributed by atoms with Crippen molar-refractivity contribution in [1.29, 1.82) is 0 Å². The van der Waals surface area contributed by atoms with E-state index in [1.807, 2.05) is 20.0 Å². The Morgan fingerprint density at radius 1 is 0.960 bits per heavy atom. The number of benzene rings is 2. The van der Waals surface area contributed by atoms with Crippen molar-refractivity contribution in [2.45, 2.75) is 121 Å². The van der Waals surface area contributed by atoms with Crippen molar-refractivity contribution in [3.8, 4) is 11.1 Å². The van der Waals surface area contributed by atoms with E-state index < -0.39 is 0 Å². The van der Waals surface area contributed by atoms with Gasteiger partial charge in [0.15, 0.2) is 11.6 Å². The zero-order valence-electron chi connectivity index (χ0n) is 33.6. The van der Waals surface area contributed by atoms with Crippen LogP contribution in [0.25, 0.3) is 11.1 Å². The Hall–Kier alpha value is -3.41. The standard InChI is InChI=1S/C20H25NO.C9H12O2.C8H16O.C8H16/c1-13-9-14(2)20(15(3)10-13)18-8-6-7-17(12-18)19(21-5)11-16(4)22;1-4-5-6-9(7(2)10)8(3)11;1-2-3-8-4-6-9-7-5-8;1-5-8(4)6-7(2)3/h6-10,12,19,21H,11H2,1-5H3;4-6H,1-3H3;8H,2-7H2,1H3;5,7-8H,1,6H2,2-4H3/b;5-4-;;/t;;;8-/m...1/s1. The number of ketones is 3. The van der Waals surface area contributed by atoms with Crippen molar-refractivity contribution in [3.05, 3.63) is 95.1 Å². The summed E-state index contributed by atoms with van der Waals surface area (Å²) >= 11 is 0. The molecule has 1 unspecified atom stereocenters. The summed E-state index contributed by atoms with van der Waals surface area (Å²) in [6.07, 6.45) is 14.1. The molecule has 1 fully saturated rings. The van der Waals surface area contributed by atoms with Crippen LogP contribution in [-0.4, -0.2) is 37.6 Å². The van der Waals surface area contributed by atoms with E-state index in [4.69, 9.17) is 4.74 Å². The topological polar surface area (TPSA) is 72.5 Å². The summed E-state index contributed by atoms with van der Waals surface area (Å²) in [6.45, 7) is 27.3. The van der Waals surface area contributed by atoms with Crippen molar-refractivity contribution in [2.24, 2.45) is 17.8 Å². The number of hydrogen-bond acceptors (Lipinski definition) is 5. The van der Waals surface area contributed by atoms with Crippen LogP contribution in [0.15, 0.2) is 72.9 Å². The van der Waals surface area contributed by atoms with Crippen molar-refractivity contribution in [2.75, 3.05) is 20.3 Å². The molecule has 2 atom stereocenters. The van der Waals surface area contributed by atoms with Gasteiger partial charge in [-0.15, -0.1) is 6.58 Å². The Balaban J connectivity index is 0.000000717. The van der Waals surface area contributed by atoms with E-state index in [2.05, 4.69) is 96.8 Å². The summed E-state index contributed by atoms with van der Waals surface area (Å²) in [6, 6.07) is 13.0. The number of Topliss-reactive ketones (excluding diaryl/α,β-unsaturated/α-hetero) is 3. The molecular weight excluding hydrogens is 618 g/mol. The lowest BCUT2D eigenvalue weighted by Gasteiger charge is -2.20. The number of nitrogens with one attached hydrogen (secondary N) is 1. The fourth-order valence-corrected chi connectivity index (χ4v) is 6.18. The fraction of sp³-hybridized carbons (Fsp3) is 0.533. The predicted octanol–water partition coefficient (Wildman–Crippen LogP) is 11.3. The molecule has 50 heavy (non-hydrogen) atoms. The second-order valence-electron chi connectivity index (χ2n) is 14.1. The molecule has 1 heterocycles. The second-order valence-corrected chi connectivity index (χ2v) is 14.1. The first-order valence-corrected chi connectivity index (χ1v) is 18.5. The lowest BCUT2D eigenvalue weighted by atomic mass is 9.91. The minimum atomic E-state index is -0.185. The van der Waals surface area contributed by atoms with Gasteiger partial charge in [-0.25, -0.2) is 0 Å². The largest absolute Gasteiger partial charge is 0.381 e. The van der Waals surface area contributed by atoms with E-state index in [1.165, 1.54) is 79.8 Å². The lowest BCUT2D eigenvalue weighted by Crippen LogP contribution is -2.19. The van der Waals surface area contributed by atoms with Crippen LogP contribution in [-0.2, 0) is 19.1 Å². The summed E-state index contributed by atoms with van der Waals surface area (Å²) in [5.74, 6) is 2.31. The van der Waals surface area contributed by atoms with Gasteiger partial charge in [-0.05, 0) is 132 Å². The first-order valence-electron chi connectivity index (χ1n) is 18.5. The highest BCUT2D eigenvalue weighted by atomic mass is 16.5. The summed E-state index contributed by atoms with van der Waals surface area (Å²) in [5, 5.41) is 3.25. The highest BCUT2D eigenvalue weighted by Gasteiger charge is 2.14. The average Bonchev–Trinajstić information content (AvgIpc) is 3.04. The van der Waals surface area contributed by atoms with E-state index in [-0.39, 0.29) is 29.0 Å². The lowest BCUT2D eigenvalue weighted by molar-refractivity contribution is -0.119. The average molecular weight is 688 g/mol. The Morgan fingerprint density at radius 3 is 1.96 bits per heavy atom. The zero-order chi connectivity index (χ0) is 38.2. The SMILES string of the molecule is C/C=C\C=C(C(C)=O)C(C)=O.C=C[C@@H](C)CC(C)C.CCCC1CCOCC1.CNC(CC(C)=O)c1cccc(-c2c(C)cc(C)cc2C)c1. The molecule has 1 saturated heterocycles. The summed E-state index contributed by atoms with van der Waals surface area (Å²) < 4.78 is 5.25. The highest BCUT2D eigenvalue weighted by molar-refractivity contribution is 6.18. The molecule has 0 aliphatic carbocycles. The van der Waals surface area contributed by atoms with E-state index in [0.29, 0.717) is 12.3 Å². The summed E-state index contributed by atoms with van der Waals surface area (Å²) in [5.41, 5.74) is 7.81. The molecule has 2 aromatic rings. The Bertz CT molecular complexity index is 1340. The van der Waals surface area contributed by atoms with Crippen molar-refractivity contribution >= 4 is 17.3 Å². The fourth-order valence-electron chi connectivity index (χ4n) is 6.18. The normalized spacial score (nSPS) is 13.8. The molecular formula is C45H69NO4. The van der Waals surface area contributed by atoms with Gasteiger partial charge in [-0.1, -0.05) is 94.7 Å². The number of rotatable bonds is 13. The highest BCUT2D eigenvalue weighted by Crippen LogP contribution is 2.31. The Kier molecular flexibility index (Phi) is 24.6. The maximum Gasteiger partial charge on any atom is 0.163 e. The van der Waals surface area contributed by atoms with Crippen molar-refractivity contribution in [3.63, 3.8) is 0 Å². The Labute approximate surface area is 306 Å². The second kappa shape index (κ2) is 26.4. The van der Waals surface area contributed by atoms with Gasteiger partial charge in [0.05, 0.1) is 5.57 Å². The Morgan fingerprint density at radius 2 is 1.54 bits per heavy atom. The molecule has 3 rings (SSSR count). The van der Waals surface area contributed by atoms with Gasteiger partial charge in [-0.2, -0.15) is 0 Å². The molecule has 0 aromatic heterocycles. The minimum Gasteiger partial charge on any atom is -0.381 e. The number of hydrogen-bond donors (Lipinski definition) is 1. The zero-order valence-corrected chi connectivity index (χ0v) is 33.6. The summed E-state index contributed by atoms with van der Waals surface area (Å²) in [7, 11) is 1.91. The molecule has 278 valence electrons. The van der Waals surface area contributed by atoms with Crippen LogP contribution >= 0.6 is 0 Å². The smallest absolute Gasteiger partial charge is 0.163 e. The van der Waals surface area contributed by atoms with E-state index >= 15 is 0 Å². The summed E-state index contributed by atoms with van der Waals surface area (Å²) in [4.78, 5) is 33.0. The molecule has 0 radical (unpaired) electrons. The molecule has 1 N–H and O–H groups in total. The maximum absolute atomic E-state index is 11.4. The van der Waals surface area contributed by atoms with Gasteiger partial charge >= 0.3 is 0 Å². The molecule has 5 nitrogen and oxygen atoms in total. The predicted molar refractivity (Wildman–Crippen MR) is 215 cm³/mol. The third-order valence-electron chi connectivity index (χ3n) is 8.59. The molecule has 0 spiro atoms. The molecule has 0 bridgehead atoms. The molecule has 5 heteroatoms. The van der Waals surface area contributed by atoms with Crippen LogP contribution in [0.4, 0.5) is 0 Å². The first kappa shape index (κ1) is 46.6. The molecule has 0 saturated carbocycles. The third kappa shape index (κ3) is 19.7. The number of carbonyl (C=O) groups is 3. The number of ether oxygens (including phenoxy) is 1. The van der Waals surface area contributed by atoms with Gasteiger partial charge in [0.1, 0.15) is 5.78 Å². The van der Waals surface area contributed by atoms with Crippen LogP contribution in [0, 0.1) is 38.5 Å². The van der Waals surface area contributed by atoms with Crippen molar-refractivity contribution in [1.82, 2.24) is 5.32 Å². The minimum absolute atomic E-state index is 0.0727. The van der Waals surface area contributed by atoms with Crippen LogP contribution in [0.3, 0.4) is 0 Å². The molecule has 1 aliphatic rings. The number of aryl methyl sites for hydroxylation is 3. The van der Waals surface area contributed by atoms with Gasteiger partial charge in [0, 0.05) is 25.7 Å². The van der Waals surface area contributed by atoms with E-state index in [0.717, 1.165) is 30.6 Å². The monoisotopic (exact) mass is 688 g/mol. The van der Waals surface area contributed by atoms with E-state index in [1.54, 1.807) is 19.1 Å². The molecule has 1 aliphatic heterocycles. The van der Waals surface area contributed by atoms with E-state index in [9.17, 15) is 14.4 Å². The van der Waals surface area contributed by atoms with Crippen LogP contribution < -0.4 is 5.32 Å². The van der Waals surface area contributed by atoms with Gasteiger partial charge in [0.2, 0.25) is 0 Å². The number of carbonyl (C=O) groups excluding carboxylic acids is 3.